The van der Waals surface area contributed by atoms with Gasteiger partial charge in [0.15, 0.2) is 11.5 Å². The fraction of sp³-hybridized carbons (Fsp3) is 0.0833. The first-order chi connectivity index (χ1) is 15.1. The van der Waals surface area contributed by atoms with E-state index in [-0.39, 0.29) is 12.3 Å². The molecule has 4 aromatic rings. The Bertz CT molecular complexity index is 1220. The fourth-order valence-electron chi connectivity index (χ4n) is 3.06. The Kier molecular flexibility index (Phi) is 5.93. The van der Waals surface area contributed by atoms with Gasteiger partial charge in [-0.05, 0) is 57.8 Å². The van der Waals surface area contributed by atoms with E-state index in [0.29, 0.717) is 11.4 Å². The molecule has 0 fully saturated rings. The zero-order valence-corrected chi connectivity index (χ0v) is 16.8. The van der Waals surface area contributed by atoms with Gasteiger partial charge in [0.05, 0.1) is 0 Å². The van der Waals surface area contributed by atoms with E-state index >= 15 is 0 Å². The van der Waals surface area contributed by atoms with Crippen LogP contribution in [0.4, 0.5) is 4.39 Å². The molecule has 1 aromatic heterocycles. The molecule has 6 nitrogen and oxygen atoms in total. The number of benzene rings is 3. The third-order valence-corrected chi connectivity index (χ3v) is 4.65. The van der Waals surface area contributed by atoms with Gasteiger partial charge in [-0.2, -0.15) is 4.68 Å². The van der Waals surface area contributed by atoms with Gasteiger partial charge in [-0.1, -0.05) is 66.7 Å². The van der Waals surface area contributed by atoms with E-state index in [0.717, 1.165) is 16.7 Å². The molecule has 0 bridgehead atoms. The van der Waals surface area contributed by atoms with Crippen LogP contribution in [0.5, 0.6) is 0 Å². The number of rotatable bonds is 6. The lowest BCUT2D eigenvalue weighted by Gasteiger charge is -2.10. The Morgan fingerprint density at radius 1 is 1.00 bits per heavy atom. The summed E-state index contributed by atoms with van der Waals surface area (Å²) in [5.74, 6) is -0.618. The minimum Gasteiger partial charge on any atom is -0.456 e. The van der Waals surface area contributed by atoms with E-state index in [9.17, 15) is 9.18 Å². The molecule has 31 heavy (non-hydrogen) atoms. The number of halogens is 1. The van der Waals surface area contributed by atoms with Gasteiger partial charge in [-0.3, -0.25) is 0 Å². The summed E-state index contributed by atoms with van der Waals surface area (Å²) in [5, 5.41) is 11.2. The molecule has 0 saturated carbocycles. The van der Waals surface area contributed by atoms with Crippen LogP contribution in [0.15, 0.2) is 78.9 Å². The van der Waals surface area contributed by atoms with Crippen molar-refractivity contribution in [2.45, 2.75) is 13.5 Å². The molecule has 0 spiro atoms. The minimum atomic E-state index is -0.619. The highest BCUT2D eigenvalue weighted by Gasteiger charge is 2.18. The summed E-state index contributed by atoms with van der Waals surface area (Å²) >= 11 is 0. The lowest BCUT2D eigenvalue weighted by Crippen LogP contribution is -2.15. The van der Waals surface area contributed by atoms with E-state index in [1.165, 1.54) is 22.9 Å². The van der Waals surface area contributed by atoms with Crippen LogP contribution in [0.1, 0.15) is 17.0 Å². The molecule has 0 saturated heterocycles. The SMILES string of the molecule is Cc1nnnn1/C(=C\c1cccc(F)c1)C(=O)OCc1ccc(-c2ccccc2)cc1. The molecule has 0 aliphatic carbocycles. The largest absolute Gasteiger partial charge is 0.456 e. The van der Waals surface area contributed by atoms with Gasteiger partial charge in [0.25, 0.3) is 0 Å². The molecule has 0 N–H and O–H groups in total. The summed E-state index contributed by atoms with van der Waals surface area (Å²) in [7, 11) is 0. The van der Waals surface area contributed by atoms with Gasteiger partial charge in [0, 0.05) is 0 Å². The standard InChI is InChI=1S/C24H19FN4O2/c1-17-26-27-28-29(17)23(15-19-6-5-9-22(25)14-19)24(30)31-16-18-10-12-21(13-11-18)20-7-3-2-4-8-20/h2-15H,16H2,1H3/b23-15-. The summed E-state index contributed by atoms with van der Waals surface area (Å²) in [6, 6.07) is 23.7. The highest BCUT2D eigenvalue weighted by Crippen LogP contribution is 2.20. The van der Waals surface area contributed by atoms with Crippen LogP contribution in [0, 0.1) is 12.7 Å². The first-order valence-electron chi connectivity index (χ1n) is 9.64. The van der Waals surface area contributed by atoms with E-state index in [1.807, 2.05) is 54.6 Å². The van der Waals surface area contributed by atoms with Crippen molar-refractivity contribution >= 4 is 17.7 Å². The molecule has 0 atom stereocenters. The maximum absolute atomic E-state index is 13.6. The Morgan fingerprint density at radius 3 is 2.42 bits per heavy atom. The molecule has 154 valence electrons. The molecule has 4 rings (SSSR count). The predicted molar refractivity (Wildman–Crippen MR) is 115 cm³/mol. The van der Waals surface area contributed by atoms with Crippen molar-refractivity contribution < 1.29 is 13.9 Å². The Hall–Kier alpha value is -4.13. The molecular formula is C24H19FN4O2. The number of esters is 1. The monoisotopic (exact) mass is 414 g/mol. The Labute approximate surface area is 178 Å². The first kappa shape index (κ1) is 20.2. The van der Waals surface area contributed by atoms with Crippen LogP contribution in [0.2, 0.25) is 0 Å². The van der Waals surface area contributed by atoms with E-state index < -0.39 is 11.8 Å². The van der Waals surface area contributed by atoms with Crippen LogP contribution in [0.3, 0.4) is 0 Å². The van der Waals surface area contributed by atoms with Crippen molar-refractivity contribution in [3.63, 3.8) is 0 Å². The number of hydrogen-bond acceptors (Lipinski definition) is 5. The number of ether oxygens (including phenoxy) is 1. The molecule has 3 aromatic carbocycles. The summed E-state index contributed by atoms with van der Waals surface area (Å²) in [5.41, 5.74) is 3.61. The highest BCUT2D eigenvalue weighted by molar-refractivity contribution is 6.15. The fourth-order valence-corrected chi connectivity index (χ4v) is 3.06. The first-order valence-corrected chi connectivity index (χ1v) is 9.64. The summed E-state index contributed by atoms with van der Waals surface area (Å²) in [6.45, 7) is 1.74. The average molecular weight is 414 g/mol. The van der Waals surface area contributed by atoms with E-state index in [2.05, 4.69) is 15.5 Å². The second-order valence-corrected chi connectivity index (χ2v) is 6.86. The predicted octanol–water partition coefficient (Wildman–Crippen LogP) is 4.53. The second-order valence-electron chi connectivity index (χ2n) is 6.86. The van der Waals surface area contributed by atoms with Gasteiger partial charge in [-0.25, -0.2) is 9.18 Å². The van der Waals surface area contributed by atoms with Crippen molar-refractivity contribution in [1.82, 2.24) is 20.2 Å². The minimum absolute atomic E-state index is 0.0789. The van der Waals surface area contributed by atoms with Gasteiger partial charge >= 0.3 is 5.97 Å². The number of carbonyl (C=O) groups excluding carboxylic acids is 1. The third-order valence-electron chi connectivity index (χ3n) is 4.65. The molecule has 1 heterocycles. The quantitative estimate of drug-likeness (QED) is 0.342. The van der Waals surface area contributed by atoms with Crippen LogP contribution < -0.4 is 0 Å². The van der Waals surface area contributed by atoms with Crippen molar-refractivity contribution in [3.8, 4) is 11.1 Å². The Balaban J connectivity index is 1.52. The lowest BCUT2D eigenvalue weighted by molar-refractivity contribution is -0.138. The Morgan fingerprint density at radius 2 is 1.74 bits per heavy atom. The topological polar surface area (TPSA) is 69.9 Å². The lowest BCUT2D eigenvalue weighted by atomic mass is 10.0. The zero-order chi connectivity index (χ0) is 21.6. The number of hydrogen-bond donors (Lipinski definition) is 0. The summed E-state index contributed by atoms with van der Waals surface area (Å²) in [6.07, 6.45) is 1.49. The van der Waals surface area contributed by atoms with Gasteiger partial charge in [-0.15, -0.1) is 5.10 Å². The number of aromatic nitrogens is 4. The van der Waals surface area contributed by atoms with Crippen molar-refractivity contribution in [2.24, 2.45) is 0 Å². The van der Waals surface area contributed by atoms with E-state index in [1.54, 1.807) is 19.1 Å². The molecule has 7 heteroatoms. The van der Waals surface area contributed by atoms with Crippen LogP contribution in [-0.4, -0.2) is 26.2 Å². The normalized spacial score (nSPS) is 11.4. The van der Waals surface area contributed by atoms with Gasteiger partial charge in [0.2, 0.25) is 0 Å². The number of nitrogens with zero attached hydrogens (tertiary/aromatic N) is 4. The molecule has 0 aliphatic rings. The van der Waals surface area contributed by atoms with Crippen LogP contribution >= 0.6 is 0 Å². The third kappa shape index (κ3) is 4.90. The van der Waals surface area contributed by atoms with Crippen molar-refractivity contribution in [3.05, 3.63) is 102 Å². The molecule has 0 unspecified atom stereocenters. The number of carbonyl (C=O) groups is 1. The van der Waals surface area contributed by atoms with Crippen LogP contribution in [0.25, 0.3) is 22.9 Å². The molecular weight excluding hydrogens is 395 g/mol. The average Bonchev–Trinajstić information content (AvgIpc) is 3.22. The highest BCUT2D eigenvalue weighted by atomic mass is 19.1. The molecule has 0 aliphatic heterocycles. The molecule has 0 amide bonds. The molecule has 0 radical (unpaired) electrons. The smallest absolute Gasteiger partial charge is 0.357 e. The summed E-state index contributed by atoms with van der Waals surface area (Å²) in [4.78, 5) is 12.8. The van der Waals surface area contributed by atoms with Gasteiger partial charge in [0.1, 0.15) is 12.4 Å². The van der Waals surface area contributed by atoms with Gasteiger partial charge < -0.3 is 4.74 Å². The number of aryl methyl sites for hydroxylation is 1. The zero-order valence-electron chi connectivity index (χ0n) is 16.8. The second kappa shape index (κ2) is 9.13. The summed E-state index contributed by atoms with van der Waals surface area (Å²) < 4.78 is 20.3. The van der Waals surface area contributed by atoms with Crippen molar-refractivity contribution in [2.75, 3.05) is 0 Å². The maximum Gasteiger partial charge on any atom is 0.357 e. The van der Waals surface area contributed by atoms with Crippen molar-refractivity contribution in [1.29, 1.82) is 0 Å². The van der Waals surface area contributed by atoms with E-state index in [4.69, 9.17) is 4.74 Å². The maximum atomic E-state index is 13.6. The number of tetrazole rings is 1. The van der Waals surface area contributed by atoms with Crippen LogP contribution in [-0.2, 0) is 16.1 Å².